The summed E-state index contributed by atoms with van der Waals surface area (Å²) in [6.45, 7) is 8.55. The van der Waals surface area contributed by atoms with Crippen molar-refractivity contribution >= 4 is 0 Å². The number of hydrogen-bond donors (Lipinski definition) is 1. The normalized spacial score (nSPS) is 29.0. The van der Waals surface area contributed by atoms with Crippen LogP contribution in [0.2, 0.25) is 0 Å². The average Bonchev–Trinajstić information content (AvgIpc) is 2.24. The van der Waals surface area contributed by atoms with Crippen LogP contribution in [0, 0.1) is 5.92 Å². The van der Waals surface area contributed by atoms with Gasteiger partial charge in [0.2, 0.25) is 0 Å². The predicted octanol–water partition coefficient (Wildman–Crippen LogP) is 2.97. The maximum atomic E-state index is 5.65. The standard InChI is InChI=1S/C13H27NO/c1-4-12(3)15-9-8-14-13-7-5-6-11(2)10-13/h11-14H,4-10H2,1-3H3. The Morgan fingerprint density at radius 2 is 2.20 bits per heavy atom. The molecule has 0 saturated heterocycles. The maximum absolute atomic E-state index is 5.65. The third-order valence-corrected chi connectivity index (χ3v) is 3.45. The first-order chi connectivity index (χ1) is 7.22. The van der Waals surface area contributed by atoms with Gasteiger partial charge in [0.15, 0.2) is 0 Å². The number of nitrogens with one attached hydrogen (secondary N) is 1. The molecule has 2 nitrogen and oxygen atoms in total. The third kappa shape index (κ3) is 5.53. The molecule has 1 rings (SSSR count). The summed E-state index contributed by atoms with van der Waals surface area (Å²) in [6.07, 6.45) is 7.04. The second-order valence-corrected chi connectivity index (χ2v) is 5.01. The summed E-state index contributed by atoms with van der Waals surface area (Å²) in [7, 11) is 0. The molecule has 0 aliphatic heterocycles. The molecule has 1 N–H and O–H groups in total. The molecule has 0 aromatic carbocycles. The summed E-state index contributed by atoms with van der Waals surface area (Å²) >= 11 is 0. The molecular weight excluding hydrogens is 186 g/mol. The predicted molar refractivity (Wildman–Crippen MR) is 65.1 cm³/mol. The van der Waals surface area contributed by atoms with Crippen LogP contribution >= 0.6 is 0 Å². The summed E-state index contributed by atoms with van der Waals surface area (Å²) in [5.41, 5.74) is 0. The van der Waals surface area contributed by atoms with Crippen LogP contribution in [0.1, 0.15) is 52.9 Å². The van der Waals surface area contributed by atoms with Crippen molar-refractivity contribution in [2.75, 3.05) is 13.2 Å². The second-order valence-electron chi connectivity index (χ2n) is 5.01. The molecule has 0 amide bonds. The molecule has 0 bridgehead atoms. The molecule has 3 atom stereocenters. The molecule has 1 aliphatic rings. The van der Waals surface area contributed by atoms with Crippen LogP contribution in [0.3, 0.4) is 0 Å². The third-order valence-electron chi connectivity index (χ3n) is 3.45. The molecule has 1 saturated carbocycles. The van der Waals surface area contributed by atoms with Gasteiger partial charge in [-0.05, 0) is 32.1 Å². The monoisotopic (exact) mass is 213 g/mol. The van der Waals surface area contributed by atoms with Crippen molar-refractivity contribution in [3.05, 3.63) is 0 Å². The largest absolute Gasteiger partial charge is 0.377 e. The summed E-state index contributed by atoms with van der Waals surface area (Å²) in [6, 6.07) is 0.745. The fraction of sp³-hybridized carbons (Fsp3) is 1.00. The number of rotatable bonds is 6. The molecule has 1 aliphatic carbocycles. The minimum absolute atomic E-state index is 0.414. The van der Waals surface area contributed by atoms with Crippen LogP contribution in [-0.2, 0) is 4.74 Å². The van der Waals surface area contributed by atoms with Crippen LogP contribution in [0.4, 0.5) is 0 Å². The first kappa shape index (κ1) is 13.0. The summed E-state index contributed by atoms with van der Waals surface area (Å²) in [5.74, 6) is 0.909. The van der Waals surface area contributed by atoms with Gasteiger partial charge in [0.1, 0.15) is 0 Å². The maximum Gasteiger partial charge on any atom is 0.0594 e. The van der Waals surface area contributed by atoms with Gasteiger partial charge in [-0.15, -0.1) is 0 Å². The Labute approximate surface area is 94.8 Å². The van der Waals surface area contributed by atoms with Crippen LogP contribution in [0.5, 0.6) is 0 Å². The molecule has 0 aromatic heterocycles. The van der Waals surface area contributed by atoms with E-state index in [0.717, 1.165) is 31.5 Å². The van der Waals surface area contributed by atoms with Crippen LogP contribution in [0.15, 0.2) is 0 Å². The SMILES string of the molecule is CCC(C)OCCNC1CCCC(C)C1. The second kappa shape index (κ2) is 7.24. The van der Waals surface area contributed by atoms with Gasteiger partial charge < -0.3 is 10.1 Å². The Morgan fingerprint density at radius 3 is 2.87 bits per heavy atom. The highest BCUT2D eigenvalue weighted by atomic mass is 16.5. The summed E-state index contributed by atoms with van der Waals surface area (Å²) in [4.78, 5) is 0. The Kier molecular flexibility index (Phi) is 6.26. The molecule has 0 radical (unpaired) electrons. The van der Waals surface area contributed by atoms with E-state index in [-0.39, 0.29) is 0 Å². The van der Waals surface area contributed by atoms with E-state index in [1.165, 1.54) is 25.7 Å². The highest BCUT2D eigenvalue weighted by molar-refractivity contribution is 4.75. The molecule has 3 unspecified atom stereocenters. The molecule has 0 heterocycles. The van der Waals surface area contributed by atoms with Gasteiger partial charge in [-0.1, -0.05) is 26.7 Å². The smallest absolute Gasteiger partial charge is 0.0594 e. The minimum atomic E-state index is 0.414. The summed E-state index contributed by atoms with van der Waals surface area (Å²) in [5, 5.41) is 3.61. The lowest BCUT2D eigenvalue weighted by molar-refractivity contribution is 0.0631. The van der Waals surface area contributed by atoms with Gasteiger partial charge in [-0.25, -0.2) is 0 Å². The number of hydrogen-bond acceptors (Lipinski definition) is 2. The van der Waals surface area contributed by atoms with Crippen molar-refractivity contribution in [1.82, 2.24) is 5.32 Å². The Morgan fingerprint density at radius 1 is 1.40 bits per heavy atom. The van der Waals surface area contributed by atoms with Crippen molar-refractivity contribution in [3.63, 3.8) is 0 Å². The fourth-order valence-corrected chi connectivity index (χ4v) is 2.26. The Bertz CT molecular complexity index is 161. The minimum Gasteiger partial charge on any atom is -0.377 e. The zero-order chi connectivity index (χ0) is 11.1. The molecule has 90 valence electrons. The lowest BCUT2D eigenvalue weighted by Gasteiger charge is -2.27. The van der Waals surface area contributed by atoms with Gasteiger partial charge in [-0.3, -0.25) is 0 Å². The molecular formula is C13H27NO. The van der Waals surface area contributed by atoms with E-state index < -0.39 is 0 Å². The van der Waals surface area contributed by atoms with E-state index in [0.29, 0.717) is 6.10 Å². The van der Waals surface area contributed by atoms with Crippen LogP contribution in [0.25, 0.3) is 0 Å². The van der Waals surface area contributed by atoms with Gasteiger partial charge in [0.05, 0.1) is 12.7 Å². The highest BCUT2D eigenvalue weighted by Gasteiger charge is 2.17. The molecule has 1 fully saturated rings. The van der Waals surface area contributed by atoms with E-state index in [1.807, 2.05) is 0 Å². The zero-order valence-corrected chi connectivity index (χ0v) is 10.6. The molecule has 2 heteroatoms. The van der Waals surface area contributed by atoms with Gasteiger partial charge in [-0.2, -0.15) is 0 Å². The first-order valence-electron chi connectivity index (χ1n) is 6.57. The van der Waals surface area contributed by atoms with Crippen molar-refractivity contribution in [2.45, 2.75) is 65.0 Å². The van der Waals surface area contributed by atoms with E-state index in [9.17, 15) is 0 Å². The first-order valence-corrected chi connectivity index (χ1v) is 6.57. The highest BCUT2D eigenvalue weighted by Crippen LogP contribution is 2.23. The Balaban J connectivity index is 1.99. The van der Waals surface area contributed by atoms with Crippen molar-refractivity contribution in [2.24, 2.45) is 5.92 Å². The van der Waals surface area contributed by atoms with E-state index in [2.05, 4.69) is 26.1 Å². The average molecular weight is 213 g/mol. The van der Waals surface area contributed by atoms with Crippen molar-refractivity contribution in [3.8, 4) is 0 Å². The Hall–Kier alpha value is -0.0800. The molecule has 0 aromatic rings. The van der Waals surface area contributed by atoms with Crippen molar-refractivity contribution < 1.29 is 4.74 Å². The molecule has 15 heavy (non-hydrogen) atoms. The fourth-order valence-electron chi connectivity index (χ4n) is 2.26. The van der Waals surface area contributed by atoms with Crippen LogP contribution in [-0.4, -0.2) is 25.3 Å². The van der Waals surface area contributed by atoms with E-state index in [4.69, 9.17) is 4.74 Å². The lowest BCUT2D eigenvalue weighted by atomic mass is 9.87. The van der Waals surface area contributed by atoms with Gasteiger partial charge in [0.25, 0.3) is 0 Å². The zero-order valence-electron chi connectivity index (χ0n) is 10.6. The van der Waals surface area contributed by atoms with E-state index >= 15 is 0 Å². The topological polar surface area (TPSA) is 21.3 Å². The lowest BCUT2D eigenvalue weighted by Crippen LogP contribution is -2.36. The molecule has 0 spiro atoms. The van der Waals surface area contributed by atoms with Crippen molar-refractivity contribution in [1.29, 1.82) is 0 Å². The quantitative estimate of drug-likeness (QED) is 0.685. The van der Waals surface area contributed by atoms with Gasteiger partial charge >= 0.3 is 0 Å². The van der Waals surface area contributed by atoms with Crippen LogP contribution < -0.4 is 5.32 Å². The van der Waals surface area contributed by atoms with E-state index in [1.54, 1.807) is 0 Å². The summed E-state index contributed by atoms with van der Waals surface area (Å²) < 4.78 is 5.65. The number of ether oxygens (including phenoxy) is 1. The van der Waals surface area contributed by atoms with Gasteiger partial charge in [0, 0.05) is 12.6 Å².